The monoisotopic (exact) mass is 432 g/mol. The van der Waals surface area contributed by atoms with E-state index in [1.807, 2.05) is 0 Å². The predicted octanol–water partition coefficient (Wildman–Crippen LogP) is 0.783. The summed E-state index contributed by atoms with van der Waals surface area (Å²) in [5.74, 6) is -1.71. The van der Waals surface area contributed by atoms with Crippen LogP contribution in [-0.4, -0.2) is 61.3 Å². The summed E-state index contributed by atoms with van der Waals surface area (Å²) in [6.07, 6.45) is -6.35. The number of aliphatic hydroxyl groups is 3. The summed E-state index contributed by atoms with van der Waals surface area (Å²) in [6, 6.07) is 8.02. The average molecular weight is 432 g/mol. The average Bonchev–Trinajstić information content (AvgIpc) is 2.72. The van der Waals surface area contributed by atoms with Crippen LogP contribution in [0.15, 0.2) is 45.6 Å². The van der Waals surface area contributed by atoms with Gasteiger partial charge in [0.1, 0.15) is 46.5 Å². The molecule has 2 aromatic carbocycles. The second kappa shape index (κ2) is 7.75. The number of ether oxygens (including phenoxy) is 2. The molecule has 1 aromatic heterocycles. The first kappa shape index (κ1) is 20.9. The molecule has 2 heterocycles. The Kier molecular flexibility index (Phi) is 5.23. The van der Waals surface area contributed by atoms with Crippen LogP contribution in [0.4, 0.5) is 0 Å². The van der Waals surface area contributed by atoms with Crippen LogP contribution in [0.25, 0.3) is 22.3 Å². The zero-order valence-electron chi connectivity index (χ0n) is 16.2. The fraction of sp³-hybridized carbons (Fsp3) is 0.286. The predicted molar refractivity (Wildman–Crippen MR) is 106 cm³/mol. The van der Waals surface area contributed by atoms with Gasteiger partial charge < -0.3 is 44.5 Å². The van der Waals surface area contributed by atoms with Crippen molar-refractivity contribution in [1.82, 2.24) is 0 Å². The molecule has 6 N–H and O–H groups in total. The van der Waals surface area contributed by atoms with Crippen molar-refractivity contribution in [2.75, 3.05) is 0 Å². The standard InChI is InChI=1S/C21H20O10/c1-8-15(24)17(26)19(28)21(29-8)30-11-4-2-3-9(5-11)20-18(27)16(25)14-12(23)6-10(22)7-13(14)31-20/h2-8,15,17,19,21-24,26-28H,1H3. The van der Waals surface area contributed by atoms with Gasteiger partial charge in [-0.05, 0) is 19.1 Å². The van der Waals surface area contributed by atoms with E-state index in [1.165, 1.54) is 31.2 Å². The molecule has 164 valence electrons. The summed E-state index contributed by atoms with van der Waals surface area (Å²) in [7, 11) is 0. The molecule has 0 amide bonds. The lowest BCUT2D eigenvalue weighted by atomic mass is 10.00. The first-order valence-electron chi connectivity index (χ1n) is 9.36. The topological polar surface area (TPSA) is 170 Å². The molecule has 1 aliphatic rings. The smallest absolute Gasteiger partial charge is 0.238 e. The Labute approximate surface area is 174 Å². The SMILES string of the molecule is CC1OC(Oc2cccc(-c3oc4cc(O)cc(O)c4c(=O)c3O)c2)C(O)C(O)C1O. The van der Waals surface area contributed by atoms with Crippen LogP contribution in [-0.2, 0) is 4.74 Å². The highest BCUT2D eigenvalue weighted by molar-refractivity contribution is 5.88. The van der Waals surface area contributed by atoms with Crippen molar-refractivity contribution in [2.45, 2.75) is 37.6 Å². The van der Waals surface area contributed by atoms with Crippen LogP contribution < -0.4 is 10.2 Å². The third-order valence-corrected chi connectivity index (χ3v) is 5.09. The number of rotatable bonds is 3. The fourth-order valence-electron chi connectivity index (χ4n) is 3.43. The Morgan fingerprint density at radius 2 is 1.71 bits per heavy atom. The lowest BCUT2D eigenvalue weighted by Gasteiger charge is -2.38. The van der Waals surface area contributed by atoms with E-state index in [4.69, 9.17) is 13.9 Å². The van der Waals surface area contributed by atoms with Crippen molar-refractivity contribution in [2.24, 2.45) is 0 Å². The Balaban J connectivity index is 1.71. The summed E-state index contributed by atoms with van der Waals surface area (Å²) in [5, 5.41) is 59.5. The molecule has 10 nitrogen and oxygen atoms in total. The molecule has 1 aliphatic heterocycles. The van der Waals surface area contributed by atoms with E-state index in [0.29, 0.717) is 0 Å². The maximum atomic E-state index is 12.5. The molecule has 3 aromatic rings. The summed E-state index contributed by atoms with van der Waals surface area (Å²) in [4.78, 5) is 12.5. The van der Waals surface area contributed by atoms with Gasteiger partial charge in [0.15, 0.2) is 5.76 Å². The Hall–Kier alpha value is -3.31. The van der Waals surface area contributed by atoms with Crippen LogP contribution in [0, 0.1) is 0 Å². The lowest BCUT2D eigenvalue weighted by molar-refractivity contribution is -0.268. The molecular weight excluding hydrogens is 412 g/mol. The highest BCUT2D eigenvalue weighted by Crippen LogP contribution is 2.36. The summed E-state index contributed by atoms with van der Waals surface area (Å²) in [5.41, 5.74) is -0.814. The van der Waals surface area contributed by atoms with E-state index < -0.39 is 47.6 Å². The van der Waals surface area contributed by atoms with Crippen molar-refractivity contribution in [3.05, 3.63) is 46.6 Å². The molecule has 0 aliphatic carbocycles. The quantitative estimate of drug-likeness (QED) is 0.348. The van der Waals surface area contributed by atoms with Gasteiger partial charge in [0.25, 0.3) is 0 Å². The number of phenolic OH excluding ortho intramolecular Hbond substituents is 2. The van der Waals surface area contributed by atoms with Gasteiger partial charge in [-0.15, -0.1) is 0 Å². The molecular formula is C21H20O10. The maximum Gasteiger partial charge on any atom is 0.238 e. The van der Waals surface area contributed by atoms with Crippen LogP contribution in [0.5, 0.6) is 23.0 Å². The Bertz CT molecular complexity index is 1190. The van der Waals surface area contributed by atoms with Gasteiger partial charge in [0.05, 0.1) is 6.10 Å². The van der Waals surface area contributed by atoms with E-state index in [1.54, 1.807) is 0 Å². The van der Waals surface area contributed by atoms with Crippen LogP contribution in [0.3, 0.4) is 0 Å². The minimum Gasteiger partial charge on any atom is -0.508 e. The van der Waals surface area contributed by atoms with Gasteiger partial charge in [-0.3, -0.25) is 4.79 Å². The maximum absolute atomic E-state index is 12.5. The number of phenols is 2. The van der Waals surface area contributed by atoms with E-state index in [0.717, 1.165) is 12.1 Å². The van der Waals surface area contributed by atoms with Gasteiger partial charge >= 0.3 is 0 Å². The number of benzene rings is 2. The van der Waals surface area contributed by atoms with Gasteiger partial charge in [-0.1, -0.05) is 12.1 Å². The van der Waals surface area contributed by atoms with E-state index in [2.05, 4.69) is 0 Å². The molecule has 0 radical (unpaired) electrons. The minimum absolute atomic E-state index is 0.140. The molecule has 4 rings (SSSR count). The first-order valence-corrected chi connectivity index (χ1v) is 9.36. The van der Waals surface area contributed by atoms with Crippen LogP contribution in [0.2, 0.25) is 0 Å². The van der Waals surface area contributed by atoms with Crippen LogP contribution in [0.1, 0.15) is 6.92 Å². The van der Waals surface area contributed by atoms with Crippen molar-refractivity contribution >= 4 is 11.0 Å². The van der Waals surface area contributed by atoms with Crippen molar-refractivity contribution in [1.29, 1.82) is 0 Å². The molecule has 1 fully saturated rings. The van der Waals surface area contributed by atoms with Crippen LogP contribution >= 0.6 is 0 Å². The largest absolute Gasteiger partial charge is 0.508 e. The first-order chi connectivity index (χ1) is 14.7. The number of aliphatic hydroxyl groups excluding tert-OH is 3. The second-order valence-electron chi connectivity index (χ2n) is 7.27. The molecule has 31 heavy (non-hydrogen) atoms. The van der Waals surface area contributed by atoms with Gasteiger partial charge in [0, 0.05) is 17.7 Å². The zero-order valence-corrected chi connectivity index (χ0v) is 16.2. The molecule has 5 atom stereocenters. The summed E-state index contributed by atoms with van der Waals surface area (Å²) < 4.78 is 16.5. The lowest BCUT2D eigenvalue weighted by Crippen LogP contribution is -2.58. The number of hydrogen-bond acceptors (Lipinski definition) is 10. The van der Waals surface area contributed by atoms with Gasteiger partial charge in [0.2, 0.25) is 17.5 Å². The van der Waals surface area contributed by atoms with E-state index >= 15 is 0 Å². The van der Waals surface area contributed by atoms with E-state index in [9.17, 15) is 35.4 Å². The highest BCUT2D eigenvalue weighted by Gasteiger charge is 2.43. The van der Waals surface area contributed by atoms with Crippen molar-refractivity contribution in [3.8, 4) is 34.3 Å². The molecule has 10 heteroatoms. The highest BCUT2D eigenvalue weighted by atomic mass is 16.7. The normalized spacial score (nSPS) is 26.1. The summed E-state index contributed by atoms with van der Waals surface area (Å²) >= 11 is 0. The zero-order chi connectivity index (χ0) is 22.4. The van der Waals surface area contributed by atoms with E-state index in [-0.39, 0.29) is 33.8 Å². The van der Waals surface area contributed by atoms with Gasteiger partial charge in [-0.2, -0.15) is 0 Å². The Morgan fingerprint density at radius 3 is 2.45 bits per heavy atom. The molecule has 0 saturated carbocycles. The number of fused-ring (bicyclic) bond motifs is 1. The van der Waals surface area contributed by atoms with Crippen molar-refractivity contribution < 1.29 is 44.5 Å². The molecule has 1 saturated heterocycles. The molecule has 5 unspecified atom stereocenters. The minimum atomic E-state index is -1.52. The number of aromatic hydroxyl groups is 3. The molecule has 0 spiro atoms. The fourth-order valence-corrected chi connectivity index (χ4v) is 3.43. The number of hydrogen-bond donors (Lipinski definition) is 6. The molecule has 0 bridgehead atoms. The second-order valence-corrected chi connectivity index (χ2v) is 7.27. The third kappa shape index (κ3) is 3.66. The summed E-state index contributed by atoms with van der Waals surface area (Å²) in [6.45, 7) is 1.51. The van der Waals surface area contributed by atoms with Gasteiger partial charge in [-0.25, -0.2) is 0 Å². The van der Waals surface area contributed by atoms with Crippen molar-refractivity contribution in [3.63, 3.8) is 0 Å². The third-order valence-electron chi connectivity index (χ3n) is 5.09. The Morgan fingerprint density at radius 1 is 0.968 bits per heavy atom.